The smallest absolute Gasteiger partial charge is 0.287 e. The first-order chi connectivity index (χ1) is 11.0. The standard InChI is InChI=1S/C17H19ClN2O3/c1-11(2)15(20-16(21)14-8-5-9-23-14)17(22)19-10-12-6-3-4-7-13(12)18/h3-9,11,15H,10H2,1-2H3,(H,19,22)(H,20,21)/t15-/m0/s1. The number of amides is 2. The van der Waals surface area contributed by atoms with Gasteiger partial charge in [0.2, 0.25) is 5.91 Å². The molecule has 1 heterocycles. The molecule has 0 fully saturated rings. The van der Waals surface area contributed by atoms with Gasteiger partial charge in [0, 0.05) is 11.6 Å². The molecule has 2 rings (SSSR count). The normalized spacial score (nSPS) is 12.0. The Bertz CT molecular complexity index is 668. The topological polar surface area (TPSA) is 71.3 Å². The molecule has 1 aromatic heterocycles. The molecule has 0 aliphatic heterocycles. The van der Waals surface area contributed by atoms with Gasteiger partial charge in [-0.25, -0.2) is 0 Å². The van der Waals surface area contributed by atoms with Crippen LogP contribution in [0.4, 0.5) is 0 Å². The van der Waals surface area contributed by atoms with Gasteiger partial charge in [0.1, 0.15) is 6.04 Å². The molecule has 1 atom stereocenters. The van der Waals surface area contributed by atoms with Crippen LogP contribution < -0.4 is 10.6 Å². The Balaban J connectivity index is 1.98. The molecule has 122 valence electrons. The van der Waals surface area contributed by atoms with Crippen LogP contribution in [0.3, 0.4) is 0 Å². The minimum absolute atomic E-state index is 0.0693. The van der Waals surface area contributed by atoms with E-state index in [1.807, 2.05) is 32.0 Å². The number of hydrogen-bond donors (Lipinski definition) is 2. The van der Waals surface area contributed by atoms with Crippen LogP contribution in [0, 0.1) is 5.92 Å². The van der Waals surface area contributed by atoms with Crippen molar-refractivity contribution >= 4 is 23.4 Å². The van der Waals surface area contributed by atoms with Crippen LogP contribution in [-0.2, 0) is 11.3 Å². The summed E-state index contributed by atoms with van der Waals surface area (Å²) >= 11 is 6.07. The van der Waals surface area contributed by atoms with E-state index < -0.39 is 11.9 Å². The number of halogens is 1. The molecule has 6 heteroatoms. The summed E-state index contributed by atoms with van der Waals surface area (Å²) in [5, 5.41) is 6.09. The Morgan fingerprint density at radius 3 is 2.52 bits per heavy atom. The summed E-state index contributed by atoms with van der Waals surface area (Å²) in [4.78, 5) is 24.4. The van der Waals surface area contributed by atoms with Gasteiger partial charge in [-0.3, -0.25) is 9.59 Å². The number of benzene rings is 1. The van der Waals surface area contributed by atoms with Gasteiger partial charge in [0.25, 0.3) is 5.91 Å². The number of furan rings is 1. The molecule has 0 saturated carbocycles. The molecule has 0 aliphatic rings. The molecule has 0 saturated heterocycles. The molecular weight excluding hydrogens is 316 g/mol. The van der Waals surface area contributed by atoms with Crippen LogP contribution in [0.2, 0.25) is 5.02 Å². The van der Waals surface area contributed by atoms with Crippen molar-refractivity contribution in [2.75, 3.05) is 0 Å². The summed E-state index contributed by atoms with van der Waals surface area (Å²) in [6.45, 7) is 4.03. The summed E-state index contributed by atoms with van der Waals surface area (Å²) in [6.07, 6.45) is 1.41. The molecule has 0 spiro atoms. The first-order valence-electron chi connectivity index (χ1n) is 7.34. The van der Waals surface area contributed by atoms with Crippen molar-refractivity contribution in [1.29, 1.82) is 0 Å². The molecule has 2 N–H and O–H groups in total. The Labute approximate surface area is 140 Å². The van der Waals surface area contributed by atoms with Gasteiger partial charge in [0.15, 0.2) is 5.76 Å². The molecular formula is C17H19ClN2O3. The van der Waals surface area contributed by atoms with Crippen molar-refractivity contribution in [3.05, 3.63) is 59.0 Å². The fraction of sp³-hybridized carbons (Fsp3) is 0.294. The second kappa shape index (κ2) is 7.83. The molecule has 0 radical (unpaired) electrons. The lowest BCUT2D eigenvalue weighted by molar-refractivity contribution is -0.124. The Kier molecular flexibility index (Phi) is 5.82. The van der Waals surface area contributed by atoms with E-state index in [0.29, 0.717) is 11.6 Å². The highest BCUT2D eigenvalue weighted by Crippen LogP contribution is 2.14. The SMILES string of the molecule is CC(C)[C@H](NC(=O)c1ccco1)C(=O)NCc1ccccc1Cl. The Hall–Kier alpha value is -2.27. The van der Waals surface area contributed by atoms with E-state index in [-0.39, 0.29) is 17.6 Å². The van der Waals surface area contributed by atoms with Crippen LogP contribution in [0.15, 0.2) is 47.1 Å². The molecule has 5 nitrogen and oxygen atoms in total. The first-order valence-corrected chi connectivity index (χ1v) is 7.72. The zero-order chi connectivity index (χ0) is 16.8. The van der Waals surface area contributed by atoms with E-state index in [1.165, 1.54) is 6.26 Å². The second-order valence-corrected chi connectivity index (χ2v) is 5.89. The van der Waals surface area contributed by atoms with Crippen LogP contribution in [0.5, 0.6) is 0 Å². The van der Waals surface area contributed by atoms with Gasteiger partial charge in [0.05, 0.1) is 6.26 Å². The average molecular weight is 335 g/mol. The van der Waals surface area contributed by atoms with Crippen molar-refractivity contribution < 1.29 is 14.0 Å². The predicted octanol–water partition coefficient (Wildman–Crippen LogP) is 3.00. The third-order valence-electron chi connectivity index (χ3n) is 3.39. The van der Waals surface area contributed by atoms with Crippen molar-refractivity contribution in [3.8, 4) is 0 Å². The van der Waals surface area contributed by atoms with Gasteiger partial charge in [-0.15, -0.1) is 0 Å². The van der Waals surface area contributed by atoms with E-state index in [0.717, 1.165) is 5.56 Å². The molecule has 2 aromatic rings. The van der Waals surface area contributed by atoms with Gasteiger partial charge >= 0.3 is 0 Å². The highest BCUT2D eigenvalue weighted by Gasteiger charge is 2.25. The fourth-order valence-electron chi connectivity index (χ4n) is 2.09. The first kappa shape index (κ1) is 17.1. The highest BCUT2D eigenvalue weighted by molar-refractivity contribution is 6.31. The lowest BCUT2D eigenvalue weighted by Gasteiger charge is -2.21. The molecule has 1 aromatic carbocycles. The van der Waals surface area contributed by atoms with Crippen molar-refractivity contribution in [1.82, 2.24) is 10.6 Å². The van der Waals surface area contributed by atoms with Crippen LogP contribution >= 0.6 is 11.6 Å². The maximum atomic E-state index is 12.4. The van der Waals surface area contributed by atoms with Crippen LogP contribution in [-0.4, -0.2) is 17.9 Å². The van der Waals surface area contributed by atoms with E-state index >= 15 is 0 Å². The van der Waals surface area contributed by atoms with E-state index in [2.05, 4.69) is 10.6 Å². The minimum atomic E-state index is -0.657. The monoisotopic (exact) mass is 334 g/mol. The number of carbonyl (C=O) groups excluding carboxylic acids is 2. The van der Waals surface area contributed by atoms with Gasteiger partial charge in [-0.1, -0.05) is 43.6 Å². The van der Waals surface area contributed by atoms with Crippen molar-refractivity contribution in [3.63, 3.8) is 0 Å². The summed E-state index contributed by atoms with van der Waals surface area (Å²) in [6, 6.07) is 9.80. The van der Waals surface area contributed by atoms with Crippen molar-refractivity contribution in [2.24, 2.45) is 5.92 Å². The highest BCUT2D eigenvalue weighted by atomic mass is 35.5. The van der Waals surface area contributed by atoms with E-state index in [1.54, 1.807) is 18.2 Å². The summed E-state index contributed by atoms with van der Waals surface area (Å²) in [5.74, 6) is -0.573. The third-order valence-corrected chi connectivity index (χ3v) is 3.76. The largest absolute Gasteiger partial charge is 0.459 e. The van der Waals surface area contributed by atoms with Gasteiger partial charge in [-0.05, 0) is 29.7 Å². The summed E-state index contributed by atoms with van der Waals surface area (Å²) < 4.78 is 5.04. The predicted molar refractivity (Wildman–Crippen MR) is 88.1 cm³/mol. The molecule has 2 amide bonds. The Morgan fingerprint density at radius 2 is 1.91 bits per heavy atom. The number of carbonyl (C=O) groups is 2. The zero-order valence-electron chi connectivity index (χ0n) is 13.0. The van der Waals surface area contributed by atoms with Crippen molar-refractivity contribution in [2.45, 2.75) is 26.4 Å². The van der Waals surface area contributed by atoms with E-state index in [4.69, 9.17) is 16.0 Å². The summed E-state index contributed by atoms with van der Waals surface area (Å²) in [7, 11) is 0. The Morgan fingerprint density at radius 1 is 1.17 bits per heavy atom. The lowest BCUT2D eigenvalue weighted by Crippen LogP contribution is -2.49. The quantitative estimate of drug-likeness (QED) is 0.853. The van der Waals surface area contributed by atoms with E-state index in [9.17, 15) is 9.59 Å². The molecule has 23 heavy (non-hydrogen) atoms. The maximum absolute atomic E-state index is 12.4. The molecule has 0 aliphatic carbocycles. The van der Waals surface area contributed by atoms with Gasteiger partial charge < -0.3 is 15.1 Å². The minimum Gasteiger partial charge on any atom is -0.459 e. The van der Waals surface area contributed by atoms with Gasteiger partial charge in [-0.2, -0.15) is 0 Å². The maximum Gasteiger partial charge on any atom is 0.287 e. The average Bonchev–Trinajstić information content (AvgIpc) is 3.05. The zero-order valence-corrected chi connectivity index (χ0v) is 13.8. The molecule has 0 bridgehead atoms. The number of hydrogen-bond acceptors (Lipinski definition) is 3. The second-order valence-electron chi connectivity index (χ2n) is 5.48. The number of rotatable bonds is 6. The third kappa shape index (κ3) is 4.60. The fourth-order valence-corrected chi connectivity index (χ4v) is 2.29. The number of nitrogens with one attached hydrogen (secondary N) is 2. The molecule has 0 unspecified atom stereocenters. The lowest BCUT2D eigenvalue weighted by atomic mass is 10.0. The van der Waals surface area contributed by atoms with Crippen LogP contribution in [0.1, 0.15) is 30.0 Å². The summed E-state index contributed by atoms with van der Waals surface area (Å²) in [5.41, 5.74) is 0.822. The van der Waals surface area contributed by atoms with Crippen LogP contribution in [0.25, 0.3) is 0 Å².